The molecule has 21 heavy (non-hydrogen) atoms. The van der Waals surface area contributed by atoms with Gasteiger partial charge in [0.2, 0.25) is 5.91 Å². The maximum Gasteiger partial charge on any atom is 0.251 e. The van der Waals surface area contributed by atoms with Crippen LogP contribution in [-0.4, -0.2) is 72.6 Å². The van der Waals surface area contributed by atoms with Crippen molar-refractivity contribution >= 4 is 11.8 Å². The normalized spacial score (nSPS) is 24.1. The van der Waals surface area contributed by atoms with E-state index in [1.165, 1.54) is 0 Å². The molecule has 1 atom stereocenters. The van der Waals surface area contributed by atoms with E-state index >= 15 is 0 Å². The molecular formula is C15H27N3O3. The molecule has 0 unspecified atom stereocenters. The summed E-state index contributed by atoms with van der Waals surface area (Å²) in [5, 5.41) is 2.96. The van der Waals surface area contributed by atoms with Crippen molar-refractivity contribution in [3.05, 3.63) is 0 Å². The Bertz CT molecular complexity index is 378. The van der Waals surface area contributed by atoms with Gasteiger partial charge in [-0.2, -0.15) is 0 Å². The van der Waals surface area contributed by atoms with Crippen molar-refractivity contribution in [2.24, 2.45) is 0 Å². The number of ether oxygens (including phenoxy) is 1. The van der Waals surface area contributed by atoms with Gasteiger partial charge in [-0.25, -0.2) is 0 Å². The Labute approximate surface area is 126 Å². The number of nitrogens with one attached hydrogen (secondary N) is 1. The molecule has 0 radical (unpaired) electrons. The fourth-order valence-electron chi connectivity index (χ4n) is 2.76. The minimum atomic E-state index is -0.235. The molecule has 0 aliphatic carbocycles. The molecule has 2 saturated heterocycles. The molecular weight excluding hydrogens is 270 g/mol. The Hall–Kier alpha value is -1.14. The molecule has 2 amide bonds. The molecule has 2 aliphatic rings. The van der Waals surface area contributed by atoms with Crippen LogP contribution in [-0.2, 0) is 14.3 Å². The summed E-state index contributed by atoms with van der Waals surface area (Å²) in [6.07, 6.45) is 1.58. The lowest BCUT2D eigenvalue weighted by atomic mass is 10.1. The van der Waals surface area contributed by atoms with Crippen molar-refractivity contribution in [2.45, 2.75) is 45.3 Å². The molecule has 0 aromatic carbocycles. The van der Waals surface area contributed by atoms with Crippen LogP contribution >= 0.6 is 0 Å². The van der Waals surface area contributed by atoms with Crippen molar-refractivity contribution in [3.8, 4) is 0 Å². The SMILES string of the molecule is CC(C)(C)NC(=O)CN1CCN(C(=O)[C@@H]2CCCO2)CC1. The molecule has 2 rings (SSSR count). The Kier molecular flexibility index (Phi) is 5.22. The van der Waals surface area contributed by atoms with Crippen molar-refractivity contribution in [1.82, 2.24) is 15.1 Å². The van der Waals surface area contributed by atoms with Gasteiger partial charge in [-0.15, -0.1) is 0 Å². The zero-order chi connectivity index (χ0) is 15.5. The van der Waals surface area contributed by atoms with Gasteiger partial charge in [-0.1, -0.05) is 0 Å². The monoisotopic (exact) mass is 297 g/mol. The van der Waals surface area contributed by atoms with Crippen molar-refractivity contribution < 1.29 is 14.3 Å². The van der Waals surface area contributed by atoms with Gasteiger partial charge < -0.3 is 15.0 Å². The summed E-state index contributed by atoms with van der Waals surface area (Å²) in [4.78, 5) is 28.1. The number of rotatable bonds is 3. The topological polar surface area (TPSA) is 61.9 Å². The average molecular weight is 297 g/mol. The van der Waals surface area contributed by atoms with E-state index < -0.39 is 0 Å². The first kappa shape index (κ1) is 16.2. The zero-order valence-electron chi connectivity index (χ0n) is 13.4. The molecule has 0 saturated carbocycles. The maximum atomic E-state index is 12.2. The highest BCUT2D eigenvalue weighted by Crippen LogP contribution is 2.15. The van der Waals surface area contributed by atoms with Crippen molar-refractivity contribution in [2.75, 3.05) is 39.3 Å². The summed E-state index contributed by atoms with van der Waals surface area (Å²) < 4.78 is 5.45. The molecule has 2 fully saturated rings. The first-order valence-electron chi connectivity index (χ1n) is 7.79. The van der Waals surface area contributed by atoms with E-state index in [1.807, 2.05) is 25.7 Å². The second-order valence-corrected chi connectivity index (χ2v) is 6.90. The lowest BCUT2D eigenvalue weighted by Crippen LogP contribution is -2.54. The van der Waals surface area contributed by atoms with E-state index in [1.54, 1.807) is 0 Å². The molecule has 0 spiro atoms. The number of nitrogens with zero attached hydrogens (tertiary/aromatic N) is 2. The molecule has 6 nitrogen and oxygen atoms in total. The molecule has 0 aromatic rings. The Morgan fingerprint density at radius 2 is 1.86 bits per heavy atom. The third-order valence-corrected chi connectivity index (χ3v) is 3.77. The highest BCUT2D eigenvalue weighted by molar-refractivity contribution is 5.81. The van der Waals surface area contributed by atoms with Gasteiger partial charge in [0.1, 0.15) is 6.10 Å². The van der Waals surface area contributed by atoms with Crippen LogP contribution in [0.15, 0.2) is 0 Å². The zero-order valence-corrected chi connectivity index (χ0v) is 13.4. The lowest BCUT2D eigenvalue weighted by molar-refractivity contribution is -0.142. The van der Waals surface area contributed by atoms with Gasteiger partial charge in [0.15, 0.2) is 0 Å². The van der Waals surface area contributed by atoms with Gasteiger partial charge in [0, 0.05) is 38.3 Å². The van der Waals surface area contributed by atoms with Crippen molar-refractivity contribution in [3.63, 3.8) is 0 Å². The lowest BCUT2D eigenvalue weighted by Gasteiger charge is -2.35. The highest BCUT2D eigenvalue weighted by Gasteiger charge is 2.30. The number of hydrogen-bond acceptors (Lipinski definition) is 4. The van der Waals surface area contributed by atoms with E-state index in [0.717, 1.165) is 25.9 Å². The predicted molar refractivity (Wildman–Crippen MR) is 79.9 cm³/mol. The van der Waals surface area contributed by atoms with E-state index in [2.05, 4.69) is 10.2 Å². The van der Waals surface area contributed by atoms with E-state index in [0.29, 0.717) is 26.2 Å². The Balaban J connectivity index is 1.73. The van der Waals surface area contributed by atoms with Gasteiger partial charge >= 0.3 is 0 Å². The smallest absolute Gasteiger partial charge is 0.251 e. The minimum absolute atomic E-state index is 0.0430. The summed E-state index contributed by atoms with van der Waals surface area (Å²) >= 11 is 0. The third-order valence-electron chi connectivity index (χ3n) is 3.77. The summed E-state index contributed by atoms with van der Waals surface area (Å²) in [5.74, 6) is 0.160. The number of piperazine rings is 1. The summed E-state index contributed by atoms with van der Waals surface area (Å²) in [6.45, 7) is 9.88. The summed E-state index contributed by atoms with van der Waals surface area (Å²) in [6, 6.07) is 0. The molecule has 0 aromatic heterocycles. The van der Waals surface area contributed by atoms with Crippen LogP contribution in [0.4, 0.5) is 0 Å². The fraction of sp³-hybridized carbons (Fsp3) is 0.867. The molecule has 2 heterocycles. The predicted octanol–water partition coefficient (Wildman–Crippen LogP) is 0.224. The minimum Gasteiger partial charge on any atom is -0.368 e. The van der Waals surface area contributed by atoms with Crippen LogP contribution in [0.2, 0.25) is 0 Å². The van der Waals surface area contributed by atoms with Crippen LogP contribution in [0, 0.1) is 0 Å². The second-order valence-electron chi connectivity index (χ2n) is 6.90. The summed E-state index contributed by atoms with van der Waals surface area (Å²) in [7, 11) is 0. The largest absolute Gasteiger partial charge is 0.368 e. The number of hydrogen-bond donors (Lipinski definition) is 1. The first-order valence-corrected chi connectivity index (χ1v) is 7.79. The number of amides is 2. The second kappa shape index (κ2) is 6.75. The van der Waals surface area contributed by atoms with E-state index in [-0.39, 0.29) is 23.5 Å². The molecule has 120 valence electrons. The third kappa shape index (κ3) is 4.97. The number of carbonyl (C=O) groups is 2. The van der Waals surface area contributed by atoms with Crippen LogP contribution in [0.3, 0.4) is 0 Å². The van der Waals surface area contributed by atoms with E-state index in [9.17, 15) is 9.59 Å². The average Bonchev–Trinajstić information content (AvgIpc) is 2.90. The van der Waals surface area contributed by atoms with Crippen LogP contribution in [0.25, 0.3) is 0 Å². The summed E-state index contributed by atoms with van der Waals surface area (Å²) in [5.41, 5.74) is -0.200. The molecule has 2 aliphatic heterocycles. The van der Waals surface area contributed by atoms with Crippen LogP contribution in [0.1, 0.15) is 33.6 Å². The van der Waals surface area contributed by atoms with Gasteiger partial charge in [-0.3, -0.25) is 14.5 Å². The first-order chi connectivity index (χ1) is 9.85. The Morgan fingerprint density at radius 3 is 2.38 bits per heavy atom. The Morgan fingerprint density at radius 1 is 1.19 bits per heavy atom. The quantitative estimate of drug-likeness (QED) is 0.810. The fourth-order valence-corrected chi connectivity index (χ4v) is 2.76. The molecule has 0 bridgehead atoms. The highest BCUT2D eigenvalue weighted by atomic mass is 16.5. The van der Waals surface area contributed by atoms with Gasteiger partial charge in [0.05, 0.1) is 6.54 Å². The maximum absolute atomic E-state index is 12.2. The standard InChI is InChI=1S/C15H27N3O3/c1-15(2,3)16-13(19)11-17-6-8-18(9-7-17)14(20)12-5-4-10-21-12/h12H,4-11H2,1-3H3,(H,16,19)/t12-/m0/s1. The van der Waals surface area contributed by atoms with Gasteiger partial charge in [-0.05, 0) is 33.6 Å². The number of carbonyl (C=O) groups excluding carboxylic acids is 2. The molecule has 6 heteroatoms. The van der Waals surface area contributed by atoms with Gasteiger partial charge in [0.25, 0.3) is 5.91 Å². The van der Waals surface area contributed by atoms with Crippen molar-refractivity contribution in [1.29, 1.82) is 0 Å². The van der Waals surface area contributed by atoms with Crippen LogP contribution < -0.4 is 5.32 Å². The van der Waals surface area contributed by atoms with E-state index in [4.69, 9.17) is 4.74 Å². The van der Waals surface area contributed by atoms with Crippen LogP contribution in [0.5, 0.6) is 0 Å². The molecule has 1 N–H and O–H groups in total.